The minimum atomic E-state index is -0.490. The zero-order chi connectivity index (χ0) is 14.5. The van der Waals surface area contributed by atoms with Crippen molar-refractivity contribution in [1.82, 2.24) is 15.6 Å². The van der Waals surface area contributed by atoms with E-state index < -0.39 is 5.91 Å². The highest BCUT2D eigenvalue weighted by molar-refractivity contribution is 9.10. The fraction of sp³-hybridized carbons (Fsp3) is 0.0769. The highest BCUT2D eigenvalue weighted by atomic mass is 79.9. The van der Waals surface area contributed by atoms with Gasteiger partial charge < -0.3 is 0 Å². The number of amides is 1. The maximum Gasteiger partial charge on any atom is 0.291 e. The predicted molar refractivity (Wildman–Crippen MR) is 78.7 cm³/mol. The summed E-state index contributed by atoms with van der Waals surface area (Å²) in [5.74, 6) is -0.490. The maximum absolute atomic E-state index is 11.7. The number of nitrogens with zero attached hydrogens (tertiary/aromatic N) is 2. The number of benzene rings is 1. The van der Waals surface area contributed by atoms with Crippen LogP contribution in [0.1, 0.15) is 23.0 Å². The molecule has 20 heavy (non-hydrogen) atoms. The molecule has 0 saturated carbocycles. The van der Waals surface area contributed by atoms with Gasteiger partial charge in [-0.15, -0.1) is 0 Å². The van der Waals surface area contributed by atoms with E-state index in [1.54, 1.807) is 6.92 Å². The number of aromatic nitrogens is 2. The molecule has 0 atom stereocenters. The van der Waals surface area contributed by atoms with E-state index in [2.05, 4.69) is 36.7 Å². The van der Waals surface area contributed by atoms with Gasteiger partial charge in [0.05, 0.1) is 5.71 Å². The molecular weight excluding hydrogens is 324 g/mol. The maximum atomic E-state index is 11.7. The number of hydrazone groups is 1. The summed E-state index contributed by atoms with van der Waals surface area (Å²) in [5, 5.41) is 9.80. The lowest BCUT2D eigenvalue weighted by atomic mass is 10.1. The van der Waals surface area contributed by atoms with Crippen LogP contribution >= 0.6 is 15.9 Å². The molecule has 0 aliphatic rings. The third-order valence-corrected chi connectivity index (χ3v) is 2.97. The van der Waals surface area contributed by atoms with E-state index in [0.717, 1.165) is 10.0 Å². The average molecular weight is 335 g/mol. The van der Waals surface area contributed by atoms with E-state index in [1.807, 2.05) is 24.3 Å². The van der Waals surface area contributed by atoms with Gasteiger partial charge in [0.2, 0.25) is 0 Å². The van der Waals surface area contributed by atoms with Crippen molar-refractivity contribution in [2.24, 2.45) is 5.10 Å². The average Bonchev–Trinajstić information content (AvgIpc) is 2.45. The molecule has 1 aromatic carbocycles. The topological polar surface area (TPSA) is 87.2 Å². The Labute approximate surface area is 123 Å². The van der Waals surface area contributed by atoms with E-state index in [0.29, 0.717) is 5.71 Å². The molecule has 7 heteroatoms. The van der Waals surface area contributed by atoms with Crippen LogP contribution in [0, 0.1) is 0 Å². The molecule has 102 valence electrons. The van der Waals surface area contributed by atoms with Crippen LogP contribution < -0.4 is 11.0 Å². The van der Waals surface area contributed by atoms with Crippen molar-refractivity contribution in [2.45, 2.75) is 6.92 Å². The summed E-state index contributed by atoms with van der Waals surface area (Å²) in [6.45, 7) is 1.78. The van der Waals surface area contributed by atoms with Gasteiger partial charge in [0.15, 0.2) is 5.69 Å². The monoisotopic (exact) mass is 334 g/mol. The molecule has 0 radical (unpaired) electrons. The molecule has 1 aromatic heterocycles. The van der Waals surface area contributed by atoms with Crippen LogP contribution in [-0.2, 0) is 0 Å². The van der Waals surface area contributed by atoms with Gasteiger partial charge >= 0.3 is 0 Å². The molecule has 0 bridgehead atoms. The molecule has 0 spiro atoms. The van der Waals surface area contributed by atoms with Crippen LogP contribution in [-0.4, -0.2) is 21.8 Å². The van der Waals surface area contributed by atoms with Crippen molar-refractivity contribution >= 4 is 27.5 Å². The number of carbonyl (C=O) groups excluding carboxylic acids is 1. The fourth-order valence-corrected chi connectivity index (χ4v) is 1.84. The Kier molecular flexibility index (Phi) is 4.41. The number of rotatable bonds is 3. The van der Waals surface area contributed by atoms with E-state index in [-0.39, 0.29) is 11.3 Å². The Morgan fingerprint density at radius 2 is 2.15 bits per heavy atom. The van der Waals surface area contributed by atoms with Crippen molar-refractivity contribution < 1.29 is 4.79 Å². The molecule has 2 aromatic rings. The number of hydrogen-bond donors (Lipinski definition) is 2. The van der Waals surface area contributed by atoms with Gasteiger partial charge in [0.1, 0.15) is 0 Å². The van der Waals surface area contributed by atoms with Crippen molar-refractivity contribution in [3.05, 3.63) is 62.5 Å². The number of nitrogens with one attached hydrogen (secondary N) is 2. The third-order valence-electron chi connectivity index (χ3n) is 2.48. The smallest absolute Gasteiger partial charge is 0.268 e. The summed E-state index contributed by atoms with van der Waals surface area (Å²) in [4.78, 5) is 22.6. The molecular formula is C13H11BrN4O2. The molecule has 0 saturated heterocycles. The SMILES string of the molecule is C/C(=N/NC(=O)c1ccc(=O)[nH]n1)c1cccc(Br)c1. The van der Waals surface area contributed by atoms with Crippen molar-refractivity contribution in [3.63, 3.8) is 0 Å². The highest BCUT2D eigenvalue weighted by Crippen LogP contribution is 2.12. The lowest BCUT2D eigenvalue weighted by molar-refractivity contribution is 0.0948. The molecule has 0 aliphatic heterocycles. The lowest BCUT2D eigenvalue weighted by Gasteiger charge is -2.02. The number of aromatic amines is 1. The Morgan fingerprint density at radius 3 is 2.80 bits per heavy atom. The molecule has 6 nitrogen and oxygen atoms in total. The van der Waals surface area contributed by atoms with Crippen molar-refractivity contribution in [1.29, 1.82) is 0 Å². The van der Waals surface area contributed by atoms with Gasteiger partial charge in [-0.1, -0.05) is 28.1 Å². The first-order valence-electron chi connectivity index (χ1n) is 5.72. The summed E-state index contributed by atoms with van der Waals surface area (Å²) in [6, 6.07) is 10.1. The largest absolute Gasteiger partial charge is 0.291 e. The second-order valence-electron chi connectivity index (χ2n) is 3.95. The summed E-state index contributed by atoms with van der Waals surface area (Å²) in [6.07, 6.45) is 0. The van der Waals surface area contributed by atoms with Crippen molar-refractivity contribution in [3.8, 4) is 0 Å². The Bertz CT molecular complexity index is 704. The number of hydrogen-bond acceptors (Lipinski definition) is 4. The van der Waals surface area contributed by atoms with Crippen LogP contribution in [0.4, 0.5) is 0 Å². The third kappa shape index (κ3) is 3.61. The summed E-state index contributed by atoms with van der Waals surface area (Å²) in [7, 11) is 0. The van der Waals surface area contributed by atoms with Crippen LogP contribution in [0.15, 0.2) is 50.8 Å². The Hall–Kier alpha value is -2.28. The molecule has 1 amide bonds. The molecule has 2 rings (SSSR count). The number of halogens is 1. The van der Waals surface area contributed by atoms with Crippen molar-refractivity contribution in [2.75, 3.05) is 0 Å². The minimum absolute atomic E-state index is 0.0930. The Morgan fingerprint density at radius 1 is 1.35 bits per heavy atom. The molecule has 2 N–H and O–H groups in total. The molecule has 1 heterocycles. The standard InChI is InChI=1S/C13H11BrN4O2/c1-8(9-3-2-4-10(14)7-9)15-18-13(20)11-5-6-12(19)17-16-11/h2-7H,1H3,(H,17,19)(H,18,20)/b15-8-. The Balaban J connectivity index is 2.10. The molecule has 0 aliphatic carbocycles. The predicted octanol–water partition coefficient (Wildman–Crippen LogP) is 1.69. The number of H-pyrrole nitrogens is 1. The van der Waals surface area contributed by atoms with Gasteiger partial charge in [-0.3, -0.25) is 9.59 Å². The van der Waals surface area contributed by atoms with E-state index >= 15 is 0 Å². The second kappa shape index (κ2) is 6.25. The summed E-state index contributed by atoms with van der Waals surface area (Å²) < 4.78 is 0.929. The first kappa shape index (κ1) is 14.1. The van der Waals surface area contributed by atoms with E-state index in [1.165, 1.54) is 12.1 Å². The summed E-state index contributed by atoms with van der Waals surface area (Å²) in [5.41, 5.74) is 3.65. The fourth-order valence-electron chi connectivity index (χ4n) is 1.44. The second-order valence-corrected chi connectivity index (χ2v) is 4.87. The summed E-state index contributed by atoms with van der Waals surface area (Å²) >= 11 is 3.37. The zero-order valence-electron chi connectivity index (χ0n) is 10.6. The first-order valence-corrected chi connectivity index (χ1v) is 6.52. The zero-order valence-corrected chi connectivity index (χ0v) is 12.1. The van der Waals surface area contributed by atoms with Gasteiger partial charge in [-0.2, -0.15) is 10.2 Å². The normalized spacial score (nSPS) is 11.2. The van der Waals surface area contributed by atoms with Crippen LogP contribution in [0.25, 0.3) is 0 Å². The minimum Gasteiger partial charge on any atom is -0.268 e. The number of carbonyl (C=O) groups is 1. The molecule has 0 fully saturated rings. The molecule has 0 unspecified atom stereocenters. The highest BCUT2D eigenvalue weighted by Gasteiger charge is 2.06. The van der Waals surface area contributed by atoms with Gasteiger partial charge in [-0.25, -0.2) is 10.5 Å². The van der Waals surface area contributed by atoms with Gasteiger partial charge in [0, 0.05) is 10.5 Å². The van der Waals surface area contributed by atoms with E-state index in [9.17, 15) is 9.59 Å². The van der Waals surface area contributed by atoms with E-state index in [4.69, 9.17) is 0 Å². The first-order chi connectivity index (χ1) is 9.56. The van der Waals surface area contributed by atoms with Crippen LogP contribution in [0.2, 0.25) is 0 Å². The van der Waals surface area contributed by atoms with Crippen LogP contribution in [0.3, 0.4) is 0 Å². The van der Waals surface area contributed by atoms with Crippen LogP contribution in [0.5, 0.6) is 0 Å². The lowest BCUT2D eigenvalue weighted by Crippen LogP contribution is -2.22. The quantitative estimate of drug-likeness (QED) is 0.661. The van der Waals surface area contributed by atoms with Gasteiger partial charge in [-0.05, 0) is 30.7 Å². The van der Waals surface area contributed by atoms with Gasteiger partial charge in [0.25, 0.3) is 11.5 Å².